The quantitative estimate of drug-likeness (QED) is 0.913. The summed E-state index contributed by atoms with van der Waals surface area (Å²) < 4.78 is 12.6. The van der Waals surface area contributed by atoms with E-state index < -0.39 is 0 Å². The monoisotopic (exact) mass is 318 g/mol. The largest absolute Gasteiger partial charge is 0.381 e. The lowest BCUT2D eigenvalue weighted by molar-refractivity contribution is 0.0492. The van der Waals surface area contributed by atoms with Gasteiger partial charge in [-0.1, -0.05) is 5.16 Å². The summed E-state index contributed by atoms with van der Waals surface area (Å²) in [6.07, 6.45) is 5.51. The molecule has 0 aromatic carbocycles. The minimum absolute atomic E-state index is 0.160. The summed E-state index contributed by atoms with van der Waals surface area (Å²) in [7, 11) is 0. The molecule has 3 rings (SSSR count). The Morgan fingerprint density at radius 3 is 2.91 bits per heavy atom. The van der Waals surface area contributed by atoms with Crippen LogP contribution in [0.3, 0.4) is 0 Å². The molecule has 124 valence electrons. The van der Waals surface area contributed by atoms with E-state index >= 15 is 0 Å². The summed E-state index contributed by atoms with van der Waals surface area (Å²) in [5.41, 5.74) is 0.688. The van der Waals surface area contributed by atoms with Crippen LogP contribution in [0.15, 0.2) is 23.0 Å². The molecular weight excluding hydrogens is 296 g/mol. The van der Waals surface area contributed by atoms with Gasteiger partial charge in [-0.05, 0) is 32.6 Å². The molecule has 0 radical (unpaired) electrons. The van der Waals surface area contributed by atoms with E-state index in [1.165, 1.54) is 0 Å². The number of ether oxygens (including phenoxy) is 1. The van der Waals surface area contributed by atoms with Gasteiger partial charge in [0.2, 0.25) is 5.76 Å². The Morgan fingerprint density at radius 2 is 2.26 bits per heavy atom. The third kappa shape index (κ3) is 3.44. The number of aromatic nitrogens is 3. The van der Waals surface area contributed by atoms with E-state index in [0.29, 0.717) is 24.8 Å². The first-order valence-electron chi connectivity index (χ1n) is 8.02. The molecule has 7 nitrogen and oxygen atoms in total. The molecule has 2 aromatic heterocycles. The summed E-state index contributed by atoms with van der Waals surface area (Å²) in [5, 5.41) is 6.86. The first-order valence-corrected chi connectivity index (χ1v) is 8.02. The number of imidazole rings is 1. The number of carbonyl (C=O) groups excluding carboxylic acids is 1. The number of carbonyl (C=O) groups is 1. The second kappa shape index (κ2) is 6.95. The maximum Gasteiger partial charge on any atom is 0.290 e. The fourth-order valence-electron chi connectivity index (χ4n) is 2.99. The third-order valence-electron chi connectivity index (χ3n) is 4.24. The van der Waals surface area contributed by atoms with Gasteiger partial charge in [-0.3, -0.25) is 4.79 Å². The highest BCUT2D eigenvalue weighted by molar-refractivity contribution is 5.91. The van der Waals surface area contributed by atoms with Crippen molar-refractivity contribution in [2.45, 2.75) is 39.3 Å². The number of hydrogen-bond acceptors (Lipinski definition) is 5. The van der Waals surface area contributed by atoms with Gasteiger partial charge >= 0.3 is 0 Å². The SMILES string of the molecule is CCn1ccnc1C(NC(=O)c1cc(C)no1)C1CCOCC1. The smallest absolute Gasteiger partial charge is 0.290 e. The van der Waals surface area contributed by atoms with Crippen LogP contribution >= 0.6 is 0 Å². The Hall–Kier alpha value is -2.15. The van der Waals surface area contributed by atoms with Gasteiger partial charge in [0.15, 0.2) is 0 Å². The molecule has 23 heavy (non-hydrogen) atoms. The van der Waals surface area contributed by atoms with E-state index in [-0.39, 0.29) is 17.7 Å². The van der Waals surface area contributed by atoms with Crippen LogP contribution in [-0.4, -0.2) is 33.8 Å². The van der Waals surface area contributed by atoms with Crippen LogP contribution < -0.4 is 5.32 Å². The van der Waals surface area contributed by atoms with Crippen molar-refractivity contribution in [3.05, 3.63) is 35.7 Å². The average Bonchev–Trinajstić information content (AvgIpc) is 3.21. The summed E-state index contributed by atoms with van der Waals surface area (Å²) in [6, 6.07) is 1.48. The van der Waals surface area contributed by atoms with Gasteiger partial charge in [-0.25, -0.2) is 4.98 Å². The second-order valence-corrected chi connectivity index (χ2v) is 5.80. The van der Waals surface area contributed by atoms with Crippen molar-refractivity contribution in [2.75, 3.05) is 13.2 Å². The van der Waals surface area contributed by atoms with Gasteiger partial charge < -0.3 is 19.1 Å². The highest BCUT2D eigenvalue weighted by Crippen LogP contribution is 2.29. The molecule has 1 aliphatic heterocycles. The molecule has 0 saturated carbocycles. The molecule has 1 aliphatic rings. The lowest BCUT2D eigenvalue weighted by Crippen LogP contribution is -2.37. The maximum absolute atomic E-state index is 12.5. The van der Waals surface area contributed by atoms with Crippen molar-refractivity contribution in [3.8, 4) is 0 Å². The Balaban J connectivity index is 1.84. The zero-order chi connectivity index (χ0) is 16.2. The first-order chi connectivity index (χ1) is 11.2. The van der Waals surface area contributed by atoms with E-state index in [1.807, 2.05) is 6.20 Å². The third-order valence-corrected chi connectivity index (χ3v) is 4.24. The average molecular weight is 318 g/mol. The molecule has 1 saturated heterocycles. The standard InChI is InChI=1S/C16H22N4O3/c1-3-20-7-6-17-15(20)14(12-4-8-22-9-5-12)18-16(21)13-10-11(2)19-23-13/h6-7,10,12,14H,3-5,8-9H2,1-2H3,(H,18,21). The topological polar surface area (TPSA) is 82.2 Å². The Morgan fingerprint density at radius 1 is 1.48 bits per heavy atom. The van der Waals surface area contributed by atoms with Crippen LogP contribution in [0.5, 0.6) is 0 Å². The van der Waals surface area contributed by atoms with Gasteiger partial charge in [0.1, 0.15) is 5.82 Å². The van der Waals surface area contributed by atoms with Crippen LogP contribution in [0.25, 0.3) is 0 Å². The highest BCUT2D eigenvalue weighted by atomic mass is 16.5. The van der Waals surface area contributed by atoms with Gasteiger partial charge in [-0.2, -0.15) is 0 Å². The van der Waals surface area contributed by atoms with Gasteiger partial charge in [0.05, 0.1) is 11.7 Å². The number of amides is 1. The molecule has 2 aromatic rings. The van der Waals surface area contributed by atoms with E-state index in [1.54, 1.807) is 19.2 Å². The molecule has 3 heterocycles. The van der Waals surface area contributed by atoms with E-state index in [0.717, 1.165) is 25.2 Å². The summed E-state index contributed by atoms with van der Waals surface area (Å²) in [5.74, 6) is 1.15. The lowest BCUT2D eigenvalue weighted by Gasteiger charge is -2.30. The van der Waals surface area contributed by atoms with Crippen molar-refractivity contribution >= 4 is 5.91 Å². The fraction of sp³-hybridized carbons (Fsp3) is 0.562. The normalized spacial score (nSPS) is 17.1. The Bertz CT molecular complexity index is 658. The van der Waals surface area contributed by atoms with E-state index in [2.05, 4.69) is 26.9 Å². The first kappa shape index (κ1) is 15.7. The van der Waals surface area contributed by atoms with Gasteiger partial charge in [0, 0.05) is 38.2 Å². The lowest BCUT2D eigenvalue weighted by atomic mass is 9.91. The number of hydrogen-bond donors (Lipinski definition) is 1. The zero-order valence-electron chi connectivity index (χ0n) is 13.5. The van der Waals surface area contributed by atoms with Crippen molar-refractivity contribution in [3.63, 3.8) is 0 Å². The minimum Gasteiger partial charge on any atom is -0.381 e. The van der Waals surface area contributed by atoms with Gasteiger partial charge in [-0.15, -0.1) is 0 Å². The maximum atomic E-state index is 12.5. The molecule has 1 fully saturated rings. The fourth-order valence-corrected chi connectivity index (χ4v) is 2.99. The number of nitrogens with zero attached hydrogens (tertiary/aromatic N) is 3. The van der Waals surface area contributed by atoms with E-state index in [4.69, 9.17) is 9.26 Å². The van der Waals surface area contributed by atoms with Crippen molar-refractivity contribution in [1.29, 1.82) is 0 Å². The molecule has 0 bridgehead atoms. The molecule has 1 unspecified atom stereocenters. The van der Waals surface area contributed by atoms with Crippen molar-refractivity contribution < 1.29 is 14.1 Å². The van der Waals surface area contributed by atoms with Gasteiger partial charge in [0.25, 0.3) is 5.91 Å². The number of nitrogens with one attached hydrogen (secondary N) is 1. The van der Waals surface area contributed by atoms with Crippen LogP contribution in [0.2, 0.25) is 0 Å². The van der Waals surface area contributed by atoms with Crippen molar-refractivity contribution in [2.24, 2.45) is 5.92 Å². The van der Waals surface area contributed by atoms with Crippen LogP contribution in [0.4, 0.5) is 0 Å². The molecule has 7 heteroatoms. The molecule has 1 atom stereocenters. The number of rotatable bonds is 5. The minimum atomic E-state index is -0.257. The van der Waals surface area contributed by atoms with Crippen LogP contribution in [-0.2, 0) is 11.3 Å². The zero-order valence-corrected chi connectivity index (χ0v) is 13.5. The molecular formula is C16H22N4O3. The molecule has 1 amide bonds. The predicted molar refractivity (Wildman–Crippen MR) is 82.9 cm³/mol. The Labute approximate surface area is 135 Å². The highest BCUT2D eigenvalue weighted by Gasteiger charge is 2.31. The summed E-state index contributed by atoms with van der Waals surface area (Å²) >= 11 is 0. The van der Waals surface area contributed by atoms with Crippen LogP contribution in [0.1, 0.15) is 47.9 Å². The number of aryl methyl sites for hydroxylation is 2. The predicted octanol–water partition coefficient (Wildman–Crippen LogP) is 2.10. The van der Waals surface area contributed by atoms with Crippen molar-refractivity contribution in [1.82, 2.24) is 20.0 Å². The summed E-state index contributed by atoms with van der Waals surface area (Å²) in [6.45, 7) is 6.09. The van der Waals surface area contributed by atoms with Crippen LogP contribution in [0, 0.1) is 12.8 Å². The molecule has 0 aliphatic carbocycles. The van der Waals surface area contributed by atoms with E-state index in [9.17, 15) is 4.79 Å². The molecule has 0 spiro atoms. The molecule has 1 N–H and O–H groups in total. The second-order valence-electron chi connectivity index (χ2n) is 5.80. The Kier molecular flexibility index (Phi) is 4.76. The summed E-state index contributed by atoms with van der Waals surface area (Å²) in [4.78, 5) is 17.0.